The second kappa shape index (κ2) is 4.19. The Labute approximate surface area is 88.1 Å². The van der Waals surface area contributed by atoms with Gasteiger partial charge >= 0.3 is 0 Å². The fraction of sp³-hybridized carbons (Fsp3) is 1.00. The van der Waals surface area contributed by atoms with Crippen LogP contribution in [0.5, 0.6) is 0 Å². The number of piperidine rings is 1. The minimum atomic E-state index is 0.680. The first kappa shape index (κ1) is 10.4. The third-order valence-corrected chi connectivity index (χ3v) is 4.07. The van der Waals surface area contributed by atoms with Gasteiger partial charge in [-0.2, -0.15) is 0 Å². The third kappa shape index (κ3) is 1.96. The van der Waals surface area contributed by atoms with Crippen LogP contribution in [-0.4, -0.2) is 37.1 Å². The van der Waals surface area contributed by atoms with Crippen molar-refractivity contribution in [1.82, 2.24) is 10.2 Å². The molecule has 1 unspecified atom stereocenters. The zero-order valence-corrected chi connectivity index (χ0v) is 9.68. The summed E-state index contributed by atoms with van der Waals surface area (Å²) >= 11 is 0. The lowest BCUT2D eigenvalue weighted by Crippen LogP contribution is -2.38. The van der Waals surface area contributed by atoms with Crippen molar-refractivity contribution in [1.29, 1.82) is 0 Å². The molecule has 1 atom stereocenters. The largest absolute Gasteiger partial charge is 0.317 e. The van der Waals surface area contributed by atoms with Crippen LogP contribution in [0.4, 0.5) is 0 Å². The molecule has 0 aromatic heterocycles. The van der Waals surface area contributed by atoms with Gasteiger partial charge in [-0.25, -0.2) is 0 Å². The van der Waals surface area contributed by atoms with Crippen LogP contribution in [-0.2, 0) is 0 Å². The van der Waals surface area contributed by atoms with E-state index in [-0.39, 0.29) is 0 Å². The molecule has 1 N–H and O–H groups in total. The van der Waals surface area contributed by atoms with Crippen molar-refractivity contribution in [2.24, 2.45) is 5.41 Å². The SMILES string of the molecule is CCCN1CC2(CCNCC2)CC1C. The maximum absolute atomic E-state index is 3.48. The maximum atomic E-state index is 3.48. The molecule has 82 valence electrons. The van der Waals surface area contributed by atoms with Gasteiger partial charge in [0.05, 0.1) is 0 Å². The van der Waals surface area contributed by atoms with E-state index >= 15 is 0 Å². The molecule has 0 aromatic carbocycles. The molecule has 2 aliphatic rings. The second-order valence-corrected chi connectivity index (χ2v) is 5.27. The summed E-state index contributed by atoms with van der Waals surface area (Å²) in [4.78, 5) is 2.70. The first-order valence-electron chi connectivity index (χ1n) is 6.20. The lowest BCUT2D eigenvalue weighted by Gasteiger charge is -2.33. The van der Waals surface area contributed by atoms with Crippen molar-refractivity contribution in [3.63, 3.8) is 0 Å². The van der Waals surface area contributed by atoms with Gasteiger partial charge in [-0.3, -0.25) is 0 Å². The summed E-state index contributed by atoms with van der Waals surface area (Å²) in [7, 11) is 0. The first-order valence-corrected chi connectivity index (χ1v) is 6.20. The van der Waals surface area contributed by atoms with E-state index in [0.717, 1.165) is 6.04 Å². The molecule has 2 saturated heterocycles. The van der Waals surface area contributed by atoms with Crippen LogP contribution in [0.1, 0.15) is 39.5 Å². The van der Waals surface area contributed by atoms with Crippen LogP contribution >= 0.6 is 0 Å². The normalized spacial score (nSPS) is 32.6. The van der Waals surface area contributed by atoms with E-state index in [2.05, 4.69) is 24.1 Å². The van der Waals surface area contributed by atoms with Gasteiger partial charge in [0.25, 0.3) is 0 Å². The van der Waals surface area contributed by atoms with Gasteiger partial charge in [0.2, 0.25) is 0 Å². The van der Waals surface area contributed by atoms with E-state index in [4.69, 9.17) is 0 Å². The first-order chi connectivity index (χ1) is 6.76. The van der Waals surface area contributed by atoms with E-state index in [0.29, 0.717) is 5.41 Å². The molecule has 0 saturated carbocycles. The molecular weight excluding hydrogens is 172 g/mol. The van der Waals surface area contributed by atoms with Gasteiger partial charge < -0.3 is 10.2 Å². The summed E-state index contributed by atoms with van der Waals surface area (Å²) in [5.74, 6) is 0. The second-order valence-electron chi connectivity index (χ2n) is 5.27. The molecule has 1 spiro atoms. The molecule has 0 aromatic rings. The Morgan fingerprint density at radius 3 is 2.71 bits per heavy atom. The Balaban J connectivity index is 1.96. The molecule has 2 nitrogen and oxygen atoms in total. The van der Waals surface area contributed by atoms with E-state index in [9.17, 15) is 0 Å². The average molecular weight is 196 g/mol. The number of rotatable bonds is 2. The van der Waals surface area contributed by atoms with Crippen molar-refractivity contribution >= 4 is 0 Å². The number of hydrogen-bond acceptors (Lipinski definition) is 2. The van der Waals surface area contributed by atoms with Crippen molar-refractivity contribution < 1.29 is 0 Å². The highest BCUT2D eigenvalue weighted by Crippen LogP contribution is 2.41. The summed E-state index contributed by atoms with van der Waals surface area (Å²) in [6.45, 7) is 9.85. The molecule has 2 aliphatic heterocycles. The Morgan fingerprint density at radius 1 is 1.36 bits per heavy atom. The Kier molecular flexibility index (Phi) is 3.13. The van der Waals surface area contributed by atoms with Gasteiger partial charge in [0.1, 0.15) is 0 Å². The molecule has 2 rings (SSSR count). The molecular formula is C12H24N2. The minimum absolute atomic E-state index is 0.680. The smallest absolute Gasteiger partial charge is 0.00729 e. The topological polar surface area (TPSA) is 15.3 Å². The van der Waals surface area contributed by atoms with Crippen LogP contribution in [0.25, 0.3) is 0 Å². The number of hydrogen-bond donors (Lipinski definition) is 1. The molecule has 2 heteroatoms. The Bertz CT molecular complexity index is 185. The number of nitrogens with zero attached hydrogens (tertiary/aromatic N) is 1. The lowest BCUT2D eigenvalue weighted by atomic mass is 9.77. The monoisotopic (exact) mass is 196 g/mol. The quantitative estimate of drug-likeness (QED) is 0.725. The fourth-order valence-corrected chi connectivity index (χ4v) is 3.31. The number of nitrogens with one attached hydrogen (secondary N) is 1. The molecule has 14 heavy (non-hydrogen) atoms. The van der Waals surface area contributed by atoms with Gasteiger partial charge in [-0.1, -0.05) is 6.92 Å². The van der Waals surface area contributed by atoms with Crippen LogP contribution in [0.3, 0.4) is 0 Å². The minimum Gasteiger partial charge on any atom is -0.317 e. The average Bonchev–Trinajstić information content (AvgIpc) is 2.45. The van der Waals surface area contributed by atoms with Gasteiger partial charge in [-0.05, 0) is 57.7 Å². The summed E-state index contributed by atoms with van der Waals surface area (Å²) in [5.41, 5.74) is 0.680. The molecule has 0 aliphatic carbocycles. The predicted molar refractivity (Wildman–Crippen MR) is 60.5 cm³/mol. The zero-order valence-electron chi connectivity index (χ0n) is 9.68. The van der Waals surface area contributed by atoms with E-state index < -0.39 is 0 Å². The molecule has 0 radical (unpaired) electrons. The fourth-order valence-electron chi connectivity index (χ4n) is 3.31. The van der Waals surface area contributed by atoms with Crippen molar-refractivity contribution in [3.8, 4) is 0 Å². The highest BCUT2D eigenvalue weighted by molar-refractivity contribution is 4.96. The number of likely N-dealkylation sites (tertiary alicyclic amines) is 1. The van der Waals surface area contributed by atoms with Gasteiger partial charge in [0.15, 0.2) is 0 Å². The van der Waals surface area contributed by atoms with Gasteiger partial charge in [0, 0.05) is 12.6 Å². The molecule has 0 bridgehead atoms. The van der Waals surface area contributed by atoms with E-state index in [1.54, 1.807) is 0 Å². The summed E-state index contributed by atoms with van der Waals surface area (Å²) < 4.78 is 0. The zero-order chi connectivity index (χ0) is 10.0. The van der Waals surface area contributed by atoms with Crippen LogP contribution in [0.15, 0.2) is 0 Å². The van der Waals surface area contributed by atoms with E-state index in [1.807, 2.05) is 0 Å². The van der Waals surface area contributed by atoms with Gasteiger partial charge in [-0.15, -0.1) is 0 Å². The van der Waals surface area contributed by atoms with Crippen molar-refractivity contribution in [3.05, 3.63) is 0 Å². The Morgan fingerprint density at radius 2 is 2.07 bits per heavy atom. The highest BCUT2D eigenvalue weighted by Gasteiger charge is 2.41. The lowest BCUT2D eigenvalue weighted by molar-refractivity contribution is 0.194. The van der Waals surface area contributed by atoms with Crippen LogP contribution < -0.4 is 5.32 Å². The van der Waals surface area contributed by atoms with E-state index in [1.165, 1.54) is 51.9 Å². The summed E-state index contributed by atoms with van der Waals surface area (Å²) in [6, 6.07) is 0.827. The van der Waals surface area contributed by atoms with Crippen molar-refractivity contribution in [2.75, 3.05) is 26.2 Å². The predicted octanol–water partition coefficient (Wildman–Crippen LogP) is 1.86. The van der Waals surface area contributed by atoms with Crippen molar-refractivity contribution in [2.45, 2.75) is 45.6 Å². The van der Waals surface area contributed by atoms with Crippen LogP contribution in [0, 0.1) is 5.41 Å². The third-order valence-electron chi connectivity index (χ3n) is 4.07. The maximum Gasteiger partial charge on any atom is 0.00729 e. The highest BCUT2D eigenvalue weighted by atomic mass is 15.2. The standard InChI is InChI=1S/C12H24N2/c1-3-8-14-10-12(9-11(14)2)4-6-13-7-5-12/h11,13H,3-10H2,1-2H3. The van der Waals surface area contributed by atoms with Crippen LogP contribution in [0.2, 0.25) is 0 Å². The molecule has 2 heterocycles. The summed E-state index contributed by atoms with van der Waals surface area (Å²) in [6.07, 6.45) is 5.54. The Hall–Kier alpha value is -0.0800. The molecule has 0 amide bonds. The molecule has 2 fully saturated rings. The summed E-state index contributed by atoms with van der Waals surface area (Å²) in [5, 5.41) is 3.48.